The number of rotatable bonds is 6. The molecule has 6 aliphatic rings. The molecule has 5 heterocycles. The minimum Gasteiger partial charge on any atom is -0.679 e. The largest absolute Gasteiger partial charge is 0.679 e. The number of nitrogens with zero attached hydrogens (tertiary/aromatic N) is 3. The Morgan fingerprint density at radius 2 is 1.45 bits per heavy atom. The SMILES string of the molecule is C1=C[N-]C2C(=C1)C(c1ccc(C3=CC4NC(c5ccc6ccc(C7C=C(c8ccccc8)N=C(c8ccccc8)N7)nc6c5)=CC=C4C=C3)cc1)=CC1=C2NCC=C1. The van der Waals surface area contributed by atoms with Crippen LogP contribution >= 0.6 is 0 Å². The van der Waals surface area contributed by atoms with E-state index in [4.69, 9.17) is 15.3 Å². The summed E-state index contributed by atoms with van der Waals surface area (Å²) in [6.45, 7) is 0.840. The fourth-order valence-corrected chi connectivity index (χ4v) is 8.53. The standard InChI is InChI=1S/C52H39N6/c1-3-9-35(10-4-1)48-32-49(58-52(57-48)38-11-5-2-6-12-38)45-26-24-37-20-22-40(31-47(37)56-45)44-25-23-36-19-21-39(30-46(36)55-44)33-15-17-34(18-16-33)43-29-41-13-7-27-53-50(41)51-42(43)14-8-28-54-51/h1-26,28-32,46,49,51,53,55H,27H2,(H,57,58)/q-1. The Morgan fingerprint density at radius 1 is 0.655 bits per heavy atom. The van der Waals surface area contributed by atoms with E-state index in [1.165, 1.54) is 44.7 Å². The third-order valence-corrected chi connectivity index (χ3v) is 11.5. The molecule has 0 radical (unpaired) electrons. The van der Waals surface area contributed by atoms with Crippen molar-refractivity contribution in [1.29, 1.82) is 0 Å². The number of amidine groups is 1. The van der Waals surface area contributed by atoms with Gasteiger partial charge in [-0.05, 0) is 86.5 Å². The van der Waals surface area contributed by atoms with Crippen molar-refractivity contribution in [2.24, 2.45) is 4.99 Å². The topological polar surface area (TPSA) is 75.4 Å². The number of aliphatic imine (C=N–C) groups is 1. The van der Waals surface area contributed by atoms with Gasteiger partial charge in [-0.15, -0.1) is 0 Å². The average Bonchev–Trinajstić information content (AvgIpc) is 3.31. The number of benzene rings is 4. The lowest BCUT2D eigenvalue weighted by atomic mass is 9.81. The average molecular weight is 748 g/mol. The van der Waals surface area contributed by atoms with E-state index >= 15 is 0 Å². The Labute approximate surface area is 338 Å². The Morgan fingerprint density at radius 3 is 2.31 bits per heavy atom. The van der Waals surface area contributed by atoms with E-state index in [2.05, 4.69) is 168 Å². The van der Waals surface area contributed by atoms with Crippen LogP contribution in [0, 0.1) is 0 Å². The predicted molar refractivity (Wildman–Crippen MR) is 238 cm³/mol. The second kappa shape index (κ2) is 14.3. The summed E-state index contributed by atoms with van der Waals surface area (Å²) in [5.41, 5.74) is 16.8. The van der Waals surface area contributed by atoms with E-state index in [9.17, 15) is 0 Å². The van der Waals surface area contributed by atoms with Crippen molar-refractivity contribution in [2.45, 2.75) is 18.1 Å². The van der Waals surface area contributed by atoms with Gasteiger partial charge >= 0.3 is 0 Å². The Balaban J connectivity index is 0.849. The Hall–Kier alpha value is -7.44. The highest BCUT2D eigenvalue weighted by Crippen LogP contribution is 2.41. The zero-order chi connectivity index (χ0) is 38.4. The van der Waals surface area contributed by atoms with Crippen molar-refractivity contribution in [2.75, 3.05) is 6.54 Å². The summed E-state index contributed by atoms with van der Waals surface area (Å²) in [5.74, 6) is 0.837. The molecule has 5 aromatic rings. The number of aromatic nitrogens is 1. The molecule has 1 aromatic heterocycles. The van der Waals surface area contributed by atoms with Crippen LogP contribution in [0.5, 0.6) is 0 Å². The maximum absolute atomic E-state index is 5.25. The molecule has 0 saturated carbocycles. The van der Waals surface area contributed by atoms with Gasteiger partial charge in [0.2, 0.25) is 0 Å². The van der Waals surface area contributed by atoms with E-state index in [1.807, 2.05) is 36.5 Å². The highest BCUT2D eigenvalue weighted by molar-refractivity contribution is 6.03. The van der Waals surface area contributed by atoms with E-state index in [1.54, 1.807) is 0 Å². The molecule has 4 aromatic carbocycles. The summed E-state index contributed by atoms with van der Waals surface area (Å²) in [5, 5.41) is 17.0. The molecule has 6 heteroatoms. The molecule has 0 saturated heterocycles. The van der Waals surface area contributed by atoms with Crippen LogP contribution in [0.2, 0.25) is 0 Å². The Kier molecular flexibility index (Phi) is 8.32. The number of hydrogen-bond donors (Lipinski definition) is 3. The molecule has 11 rings (SSSR count). The zero-order valence-electron chi connectivity index (χ0n) is 31.7. The smallest absolute Gasteiger partial charge is 0.134 e. The minimum absolute atomic E-state index is 0.0150. The van der Waals surface area contributed by atoms with Crippen molar-refractivity contribution in [3.63, 3.8) is 0 Å². The molecule has 0 fully saturated rings. The lowest BCUT2D eigenvalue weighted by Crippen LogP contribution is -2.31. The molecule has 58 heavy (non-hydrogen) atoms. The molecule has 3 N–H and O–H groups in total. The lowest BCUT2D eigenvalue weighted by Gasteiger charge is -2.42. The summed E-state index contributed by atoms with van der Waals surface area (Å²) in [6, 6.07) is 40.4. The van der Waals surface area contributed by atoms with Gasteiger partial charge < -0.3 is 21.3 Å². The van der Waals surface area contributed by atoms with Gasteiger partial charge in [0.15, 0.2) is 0 Å². The molecular weight excluding hydrogens is 709 g/mol. The fraction of sp³-hybridized carbons (Fsp3) is 0.0769. The number of allylic oxidation sites excluding steroid dienone is 9. The predicted octanol–water partition coefficient (Wildman–Crippen LogP) is 10.3. The fourth-order valence-electron chi connectivity index (χ4n) is 8.53. The summed E-state index contributed by atoms with van der Waals surface area (Å²) >= 11 is 0. The van der Waals surface area contributed by atoms with Gasteiger partial charge in [0.1, 0.15) is 5.84 Å². The van der Waals surface area contributed by atoms with Crippen molar-refractivity contribution in [1.82, 2.24) is 20.9 Å². The van der Waals surface area contributed by atoms with Crippen molar-refractivity contribution in [3.05, 3.63) is 250 Å². The number of dihydropyridines is 2. The van der Waals surface area contributed by atoms with Gasteiger partial charge in [-0.25, -0.2) is 4.99 Å². The van der Waals surface area contributed by atoms with Crippen LogP contribution in [-0.2, 0) is 0 Å². The van der Waals surface area contributed by atoms with Gasteiger partial charge in [0.05, 0.1) is 29.0 Å². The minimum atomic E-state index is -0.148. The van der Waals surface area contributed by atoms with Gasteiger partial charge in [0.25, 0.3) is 0 Å². The number of fused-ring (bicyclic) bond motifs is 4. The van der Waals surface area contributed by atoms with Crippen molar-refractivity contribution in [3.8, 4) is 0 Å². The Bertz CT molecular complexity index is 2840. The van der Waals surface area contributed by atoms with E-state index in [0.717, 1.165) is 57.1 Å². The monoisotopic (exact) mass is 747 g/mol. The normalized spacial score (nSPS) is 21.5. The van der Waals surface area contributed by atoms with E-state index in [-0.39, 0.29) is 18.1 Å². The zero-order valence-corrected chi connectivity index (χ0v) is 31.7. The quantitative estimate of drug-likeness (QED) is 0.162. The van der Waals surface area contributed by atoms with Crippen LogP contribution in [-0.4, -0.2) is 29.4 Å². The third-order valence-electron chi connectivity index (χ3n) is 11.5. The highest BCUT2D eigenvalue weighted by atomic mass is 15.1. The van der Waals surface area contributed by atoms with Crippen LogP contribution in [0.3, 0.4) is 0 Å². The second-order valence-corrected chi connectivity index (χ2v) is 15.1. The lowest BCUT2D eigenvalue weighted by molar-refractivity contribution is 0.756. The van der Waals surface area contributed by atoms with Crippen LogP contribution in [0.1, 0.15) is 39.6 Å². The molecule has 0 bridgehead atoms. The molecular formula is C52H39N6-. The van der Waals surface area contributed by atoms with Gasteiger partial charge in [0, 0.05) is 28.9 Å². The summed E-state index contributed by atoms with van der Waals surface area (Å²) in [7, 11) is 0. The molecule has 6 nitrogen and oxygen atoms in total. The first-order chi connectivity index (χ1) is 28.7. The summed E-state index contributed by atoms with van der Waals surface area (Å²) < 4.78 is 0. The molecule has 2 aliphatic carbocycles. The molecule has 4 aliphatic heterocycles. The van der Waals surface area contributed by atoms with Gasteiger partial charge in [-0.1, -0.05) is 152 Å². The van der Waals surface area contributed by atoms with Gasteiger partial charge in [-0.2, -0.15) is 6.20 Å². The molecule has 0 amide bonds. The van der Waals surface area contributed by atoms with Gasteiger partial charge in [-0.3, -0.25) is 4.98 Å². The number of hydrogen-bond acceptors (Lipinski definition) is 5. The van der Waals surface area contributed by atoms with Crippen molar-refractivity contribution < 1.29 is 0 Å². The second-order valence-electron chi connectivity index (χ2n) is 15.1. The molecule has 278 valence electrons. The third kappa shape index (κ3) is 6.25. The van der Waals surface area contributed by atoms with E-state index in [0.29, 0.717) is 0 Å². The van der Waals surface area contributed by atoms with E-state index < -0.39 is 0 Å². The maximum atomic E-state index is 5.25. The van der Waals surface area contributed by atoms with Crippen LogP contribution < -0.4 is 16.0 Å². The maximum Gasteiger partial charge on any atom is 0.134 e. The molecule has 0 spiro atoms. The first kappa shape index (κ1) is 33.9. The first-order valence-electron chi connectivity index (χ1n) is 19.9. The molecule has 3 atom stereocenters. The highest BCUT2D eigenvalue weighted by Gasteiger charge is 2.26. The summed E-state index contributed by atoms with van der Waals surface area (Å²) in [4.78, 5) is 10.3. The summed E-state index contributed by atoms with van der Waals surface area (Å²) in [6.07, 6.45) is 26.2. The number of nitrogens with one attached hydrogen (secondary N) is 3. The van der Waals surface area contributed by atoms with Crippen molar-refractivity contribution >= 4 is 39.3 Å². The number of pyridine rings is 1. The van der Waals surface area contributed by atoms with Crippen LogP contribution in [0.25, 0.3) is 38.8 Å². The van der Waals surface area contributed by atoms with Crippen LogP contribution in [0.15, 0.2) is 216 Å². The van der Waals surface area contributed by atoms with Crippen LogP contribution in [0.4, 0.5) is 0 Å². The molecule has 3 unspecified atom stereocenters. The first-order valence-corrected chi connectivity index (χ1v) is 19.9.